The van der Waals surface area contributed by atoms with Crippen molar-refractivity contribution in [3.8, 4) is 11.4 Å². The van der Waals surface area contributed by atoms with E-state index in [0.717, 1.165) is 6.20 Å². The predicted octanol–water partition coefficient (Wildman–Crippen LogP) is 3.08. The highest BCUT2D eigenvalue weighted by Crippen LogP contribution is 2.32. The van der Waals surface area contributed by atoms with Crippen LogP contribution in [0.5, 0.6) is 0 Å². The SMILES string of the molecule is COC1C[C@@H](C(=O)NCC(F)(F)F)N(c2nc(-c3c[nH]c4ncc(Cl)cc34)ncc2F)C1. The first-order valence-electron chi connectivity index (χ1n) is 9.45. The summed E-state index contributed by atoms with van der Waals surface area (Å²) in [4.78, 5) is 29.2. The molecule has 3 aromatic heterocycles. The third-order valence-electron chi connectivity index (χ3n) is 5.10. The van der Waals surface area contributed by atoms with Crippen molar-refractivity contribution in [2.75, 3.05) is 25.1 Å². The first-order valence-corrected chi connectivity index (χ1v) is 9.83. The molecule has 1 amide bonds. The number of amides is 1. The van der Waals surface area contributed by atoms with E-state index in [0.29, 0.717) is 21.6 Å². The Morgan fingerprint density at radius 1 is 1.38 bits per heavy atom. The summed E-state index contributed by atoms with van der Waals surface area (Å²) in [6.45, 7) is -1.43. The van der Waals surface area contributed by atoms with Gasteiger partial charge in [0.1, 0.15) is 18.2 Å². The second-order valence-corrected chi connectivity index (χ2v) is 7.65. The molecule has 0 radical (unpaired) electrons. The molecule has 4 rings (SSSR count). The Kier molecular flexibility index (Phi) is 5.91. The van der Waals surface area contributed by atoms with Gasteiger partial charge in [-0.3, -0.25) is 4.79 Å². The summed E-state index contributed by atoms with van der Waals surface area (Å²) in [6.07, 6.45) is -1.01. The van der Waals surface area contributed by atoms with Crippen LogP contribution in [0.2, 0.25) is 5.02 Å². The number of nitrogens with one attached hydrogen (secondary N) is 2. The Bertz CT molecular complexity index is 1150. The smallest absolute Gasteiger partial charge is 0.380 e. The second kappa shape index (κ2) is 8.51. The molecule has 1 unspecified atom stereocenters. The van der Waals surface area contributed by atoms with Crippen molar-refractivity contribution in [3.05, 3.63) is 35.5 Å². The maximum absolute atomic E-state index is 14.7. The molecule has 4 heterocycles. The van der Waals surface area contributed by atoms with E-state index in [2.05, 4.69) is 19.9 Å². The number of pyridine rings is 1. The van der Waals surface area contributed by atoms with Crippen LogP contribution in [0.3, 0.4) is 0 Å². The molecule has 13 heteroatoms. The number of H-pyrrole nitrogens is 1. The van der Waals surface area contributed by atoms with Crippen LogP contribution in [-0.4, -0.2) is 64.4 Å². The van der Waals surface area contributed by atoms with E-state index in [1.54, 1.807) is 12.3 Å². The average Bonchev–Trinajstić information content (AvgIpc) is 3.36. The lowest BCUT2D eigenvalue weighted by Gasteiger charge is -2.25. The summed E-state index contributed by atoms with van der Waals surface area (Å²) < 4.78 is 57.6. The number of methoxy groups -OCH3 is 1. The van der Waals surface area contributed by atoms with Gasteiger partial charge in [-0.05, 0) is 6.07 Å². The number of hydrogen-bond donors (Lipinski definition) is 2. The summed E-state index contributed by atoms with van der Waals surface area (Å²) in [5, 5.41) is 2.83. The fourth-order valence-corrected chi connectivity index (χ4v) is 3.77. The van der Waals surface area contributed by atoms with Crippen LogP contribution in [0, 0.1) is 5.82 Å². The van der Waals surface area contributed by atoms with Crippen LogP contribution in [0.1, 0.15) is 6.42 Å². The van der Waals surface area contributed by atoms with Crippen LogP contribution in [0.25, 0.3) is 22.4 Å². The van der Waals surface area contributed by atoms with Crippen LogP contribution >= 0.6 is 11.6 Å². The number of halogens is 5. The number of fused-ring (bicyclic) bond motifs is 1. The topological polar surface area (TPSA) is 96.0 Å². The van der Waals surface area contributed by atoms with Gasteiger partial charge >= 0.3 is 6.18 Å². The van der Waals surface area contributed by atoms with E-state index in [-0.39, 0.29) is 24.6 Å². The molecule has 2 N–H and O–H groups in total. The van der Waals surface area contributed by atoms with Gasteiger partial charge in [0.2, 0.25) is 5.91 Å². The Morgan fingerprint density at radius 2 is 2.16 bits per heavy atom. The number of anilines is 1. The third-order valence-corrected chi connectivity index (χ3v) is 5.30. The molecule has 0 spiro atoms. The molecule has 0 aliphatic carbocycles. The largest absolute Gasteiger partial charge is 0.405 e. The van der Waals surface area contributed by atoms with Crippen LogP contribution in [0.15, 0.2) is 24.7 Å². The zero-order valence-electron chi connectivity index (χ0n) is 16.6. The van der Waals surface area contributed by atoms with E-state index in [4.69, 9.17) is 16.3 Å². The molecule has 2 atom stereocenters. The summed E-state index contributed by atoms with van der Waals surface area (Å²) in [5.41, 5.74) is 1.01. The standard InChI is InChI=1S/C19H17ClF4N6O2/c1-32-10-3-14(18(31)28-8-19(22,23)24)30(7-10)17-13(21)6-27-16(29-17)12-5-26-15-11(12)2-9(20)4-25-15/h2,4-6,10,14H,3,7-8H2,1H3,(H,25,26)(H,28,31)/t10?,14-/m0/s1. The highest BCUT2D eigenvalue weighted by molar-refractivity contribution is 6.31. The monoisotopic (exact) mass is 472 g/mol. The van der Waals surface area contributed by atoms with Crippen molar-refractivity contribution in [2.45, 2.75) is 24.7 Å². The Hall–Kier alpha value is -2.99. The maximum atomic E-state index is 14.7. The number of hydrogen-bond acceptors (Lipinski definition) is 6. The number of aromatic amines is 1. The summed E-state index contributed by atoms with van der Waals surface area (Å²) in [7, 11) is 1.41. The van der Waals surface area contributed by atoms with Gasteiger partial charge in [0, 0.05) is 43.4 Å². The summed E-state index contributed by atoms with van der Waals surface area (Å²) >= 11 is 6.02. The van der Waals surface area contributed by atoms with E-state index in [9.17, 15) is 22.4 Å². The zero-order valence-corrected chi connectivity index (χ0v) is 17.3. The Labute approximate surface area is 184 Å². The molecular formula is C19H17ClF4N6O2. The van der Waals surface area contributed by atoms with Gasteiger partial charge in [-0.2, -0.15) is 13.2 Å². The van der Waals surface area contributed by atoms with Gasteiger partial charge in [-0.1, -0.05) is 11.6 Å². The van der Waals surface area contributed by atoms with Gasteiger partial charge in [-0.15, -0.1) is 0 Å². The normalized spacial score (nSPS) is 19.0. The van der Waals surface area contributed by atoms with Gasteiger partial charge in [-0.25, -0.2) is 19.3 Å². The average molecular weight is 473 g/mol. The molecular weight excluding hydrogens is 456 g/mol. The lowest BCUT2D eigenvalue weighted by molar-refractivity contribution is -0.139. The highest BCUT2D eigenvalue weighted by atomic mass is 35.5. The first-order chi connectivity index (χ1) is 15.2. The van der Waals surface area contributed by atoms with E-state index >= 15 is 0 Å². The van der Waals surface area contributed by atoms with Gasteiger partial charge in [0.05, 0.1) is 17.3 Å². The van der Waals surface area contributed by atoms with E-state index < -0.39 is 36.6 Å². The van der Waals surface area contributed by atoms with Crippen LogP contribution in [0.4, 0.5) is 23.4 Å². The van der Waals surface area contributed by atoms with Gasteiger partial charge in [0.25, 0.3) is 0 Å². The number of alkyl halides is 3. The number of carbonyl (C=O) groups is 1. The van der Waals surface area contributed by atoms with Crippen molar-refractivity contribution in [2.24, 2.45) is 0 Å². The third kappa shape index (κ3) is 4.46. The molecule has 1 fully saturated rings. The molecule has 0 aromatic carbocycles. The number of aromatic nitrogens is 4. The predicted molar refractivity (Wildman–Crippen MR) is 108 cm³/mol. The lowest BCUT2D eigenvalue weighted by Crippen LogP contribution is -2.46. The quantitative estimate of drug-likeness (QED) is 0.554. The number of nitrogens with zero attached hydrogens (tertiary/aromatic N) is 4. The fraction of sp³-hybridized carbons (Fsp3) is 0.368. The van der Waals surface area contributed by atoms with Crippen LogP contribution in [-0.2, 0) is 9.53 Å². The number of carbonyl (C=O) groups excluding carboxylic acids is 1. The summed E-state index contributed by atoms with van der Waals surface area (Å²) in [5.74, 6) is -1.81. The minimum absolute atomic E-state index is 0.0647. The minimum atomic E-state index is -4.57. The van der Waals surface area contributed by atoms with Crippen molar-refractivity contribution in [1.82, 2.24) is 25.3 Å². The molecule has 170 valence electrons. The highest BCUT2D eigenvalue weighted by Gasteiger charge is 2.40. The molecule has 1 saturated heterocycles. The fourth-order valence-electron chi connectivity index (χ4n) is 3.61. The van der Waals surface area contributed by atoms with Gasteiger partial charge < -0.3 is 19.9 Å². The zero-order chi connectivity index (χ0) is 23.0. The van der Waals surface area contributed by atoms with Crippen LogP contribution < -0.4 is 10.2 Å². The molecule has 3 aromatic rings. The van der Waals surface area contributed by atoms with Crippen molar-refractivity contribution >= 4 is 34.4 Å². The molecule has 1 aliphatic rings. The number of ether oxygens (including phenoxy) is 1. The number of rotatable bonds is 5. The van der Waals surface area contributed by atoms with Gasteiger partial charge in [0.15, 0.2) is 17.5 Å². The van der Waals surface area contributed by atoms with Crippen molar-refractivity contribution < 1.29 is 27.1 Å². The summed E-state index contributed by atoms with van der Waals surface area (Å²) in [6, 6.07) is 0.547. The molecule has 1 aliphatic heterocycles. The minimum Gasteiger partial charge on any atom is -0.380 e. The molecule has 0 saturated carbocycles. The first kappa shape index (κ1) is 22.2. The lowest BCUT2D eigenvalue weighted by atomic mass is 10.2. The Morgan fingerprint density at radius 3 is 2.88 bits per heavy atom. The molecule has 8 nitrogen and oxygen atoms in total. The van der Waals surface area contributed by atoms with Crippen molar-refractivity contribution in [3.63, 3.8) is 0 Å². The van der Waals surface area contributed by atoms with E-state index in [1.165, 1.54) is 18.2 Å². The second-order valence-electron chi connectivity index (χ2n) is 7.21. The van der Waals surface area contributed by atoms with Crippen molar-refractivity contribution in [1.29, 1.82) is 0 Å². The molecule has 0 bridgehead atoms. The maximum Gasteiger partial charge on any atom is 0.405 e. The Balaban J connectivity index is 1.69. The van der Waals surface area contributed by atoms with E-state index in [1.807, 2.05) is 5.32 Å². The molecule has 32 heavy (non-hydrogen) atoms.